The van der Waals surface area contributed by atoms with Gasteiger partial charge < -0.3 is 0 Å². The Morgan fingerprint density at radius 1 is 1.35 bits per heavy atom. The average Bonchev–Trinajstić information content (AvgIpc) is 2.90. The molecule has 126 valence electrons. The van der Waals surface area contributed by atoms with Crippen molar-refractivity contribution in [2.75, 3.05) is 6.54 Å². The van der Waals surface area contributed by atoms with Gasteiger partial charge in [0, 0.05) is 13.1 Å². The number of aromatic nitrogens is 3. The van der Waals surface area contributed by atoms with E-state index in [4.69, 9.17) is 0 Å². The standard InChI is InChI=1S/C15H21FN4O2S/c1-4-19(10-15-17-11-18-20(15)9-12(2)3)23(21,22)14-7-5-6-13(16)8-14/h5-8,11-12H,4,9-10H2,1-3H3. The molecule has 0 aliphatic rings. The van der Waals surface area contributed by atoms with Gasteiger partial charge in [0.25, 0.3) is 0 Å². The highest BCUT2D eigenvalue weighted by Gasteiger charge is 2.25. The van der Waals surface area contributed by atoms with Gasteiger partial charge in [-0.25, -0.2) is 22.5 Å². The van der Waals surface area contributed by atoms with Crippen LogP contribution in [0.25, 0.3) is 0 Å². The monoisotopic (exact) mass is 340 g/mol. The SMILES string of the molecule is CCN(Cc1ncnn1CC(C)C)S(=O)(=O)c1cccc(F)c1. The van der Waals surface area contributed by atoms with Crippen molar-refractivity contribution in [3.8, 4) is 0 Å². The zero-order chi connectivity index (χ0) is 17.0. The van der Waals surface area contributed by atoms with Crippen LogP contribution in [0.1, 0.15) is 26.6 Å². The van der Waals surface area contributed by atoms with Gasteiger partial charge in [0.1, 0.15) is 18.0 Å². The van der Waals surface area contributed by atoms with E-state index in [0.29, 0.717) is 18.3 Å². The van der Waals surface area contributed by atoms with Crippen molar-refractivity contribution in [3.05, 3.63) is 42.2 Å². The van der Waals surface area contributed by atoms with Crippen molar-refractivity contribution < 1.29 is 12.8 Å². The summed E-state index contributed by atoms with van der Waals surface area (Å²) in [5, 5.41) is 4.14. The lowest BCUT2D eigenvalue weighted by Gasteiger charge is -2.20. The molecule has 1 aromatic carbocycles. The van der Waals surface area contributed by atoms with Gasteiger partial charge in [-0.2, -0.15) is 9.40 Å². The second-order valence-corrected chi connectivity index (χ2v) is 7.58. The quantitative estimate of drug-likeness (QED) is 0.775. The van der Waals surface area contributed by atoms with Gasteiger partial charge in [-0.3, -0.25) is 0 Å². The molecule has 0 N–H and O–H groups in total. The summed E-state index contributed by atoms with van der Waals surface area (Å²) in [5.74, 6) is 0.357. The molecule has 1 heterocycles. The topological polar surface area (TPSA) is 68.1 Å². The van der Waals surface area contributed by atoms with E-state index < -0.39 is 15.8 Å². The number of nitrogens with zero attached hydrogens (tertiary/aromatic N) is 4. The first-order valence-corrected chi connectivity index (χ1v) is 8.91. The molecular formula is C15H21FN4O2S. The van der Waals surface area contributed by atoms with Crippen LogP contribution < -0.4 is 0 Å². The van der Waals surface area contributed by atoms with Crippen LogP contribution in [-0.2, 0) is 23.1 Å². The molecule has 23 heavy (non-hydrogen) atoms. The maximum Gasteiger partial charge on any atom is 0.243 e. The summed E-state index contributed by atoms with van der Waals surface area (Å²) in [4.78, 5) is 4.09. The molecule has 0 saturated heterocycles. The van der Waals surface area contributed by atoms with E-state index in [0.717, 1.165) is 6.07 Å². The second-order valence-electron chi connectivity index (χ2n) is 5.64. The Kier molecular flexibility index (Phi) is 5.48. The molecule has 2 rings (SSSR count). The second kappa shape index (κ2) is 7.18. The molecule has 0 unspecified atom stereocenters. The van der Waals surface area contributed by atoms with Crippen LogP contribution in [0.15, 0.2) is 35.5 Å². The lowest BCUT2D eigenvalue weighted by molar-refractivity contribution is 0.387. The molecule has 0 radical (unpaired) electrons. The molecule has 0 amide bonds. The van der Waals surface area contributed by atoms with Crippen molar-refractivity contribution >= 4 is 10.0 Å². The van der Waals surface area contributed by atoms with E-state index in [-0.39, 0.29) is 18.0 Å². The van der Waals surface area contributed by atoms with Crippen LogP contribution in [0.2, 0.25) is 0 Å². The Labute approximate surface area is 136 Å². The molecule has 0 aliphatic heterocycles. The molecule has 0 spiro atoms. The maximum atomic E-state index is 13.3. The Bertz CT molecular complexity index is 758. The van der Waals surface area contributed by atoms with E-state index in [1.165, 1.54) is 28.8 Å². The van der Waals surface area contributed by atoms with E-state index in [9.17, 15) is 12.8 Å². The first-order chi connectivity index (χ1) is 10.8. The van der Waals surface area contributed by atoms with Crippen LogP contribution in [0.4, 0.5) is 4.39 Å². The van der Waals surface area contributed by atoms with E-state index in [1.807, 2.05) is 13.8 Å². The van der Waals surface area contributed by atoms with Crippen molar-refractivity contribution in [2.24, 2.45) is 5.92 Å². The fourth-order valence-electron chi connectivity index (χ4n) is 2.21. The fourth-order valence-corrected chi connectivity index (χ4v) is 3.65. The highest BCUT2D eigenvalue weighted by atomic mass is 32.2. The summed E-state index contributed by atoms with van der Waals surface area (Å²) < 4.78 is 41.7. The smallest absolute Gasteiger partial charge is 0.243 e. The van der Waals surface area contributed by atoms with Gasteiger partial charge >= 0.3 is 0 Å². The first kappa shape index (κ1) is 17.6. The predicted molar refractivity (Wildman–Crippen MR) is 84.5 cm³/mol. The van der Waals surface area contributed by atoms with Crippen LogP contribution >= 0.6 is 0 Å². The number of benzene rings is 1. The molecule has 0 saturated carbocycles. The molecule has 0 bridgehead atoms. The molecule has 0 atom stereocenters. The zero-order valence-electron chi connectivity index (χ0n) is 13.5. The van der Waals surface area contributed by atoms with Gasteiger partial charge in [0.2, 0.25) is 10.0 Å². The number of halogens is 1. The number of hydrogen-bond donors (Lipinski definition) is 0. The number of rotatable bonds is 7. The summed E-state index contributed by atoms with van der Waals surface area (Å²) in [7, 11) is -3.78. The first-order valence-electron chi connectivity index (χ1n) is 7.47. The van der Waals surface area contributed by atoms with Crippen LogP contribution in [0, 0.1) is 11.7 Å². The number of hydrogen-bond acceptors (Lipinski definition) is 4. The third-order valence-electron chi connectivity index (χ3n) is 3.34. The van der Waals surface area contributed by atoms with Gasteiger partial charge in [-0.05, 0) is 24.1 Å². The Hall–Kier alpha value is -1.80. The maximum absolute atomic E-state index is 13.3. The molecule has 1 aromatic heterocycles. The highest BCUT2D eigenvalue weighted by molar-refractivity contribution is 7.89. The minimum atomic E-state index is -3.78. The highest BCUT2D eigenvalue weighted by Crippen LogP contribution is 2.18. The van der Waals surface area contributed by atoms with Crippen molar-refractivity contribution in [2.45, 2.75) is 38.8 Å². The predicted octanol–water partition coefficient (Wildman–Crippen LogP) is 2.28. The van der Waals surface area contributed by atoms with Gasteiger partial charge in [-0.1, -0.05) is 26.8 Å². The van der Waals surface area contributed by atoms with E-state index in [2.05, 4.69) is 10.1 Å². The molecule has 2 aromatic rings. The summed E-state index contributed by atoms with van der Waals surface area (Å²) in [5.41, 5.74) is 0. The lowest BCUT2D eigenvalue weighted by Crippen LogP contribution is -2.32. The Morgan fingerprint density at radius 2 is 2.09 bits per heavy atom. The minimum absolute atomic E-state index is 0.0609. The molecule has 0 aliphatic carbocycles. The lowest BCUT2D eigenvalue weighted by atomic mass is 10.2. The molecular weight excluding hydrogens is 319 g/mol. The van der Waals surface area contributed by atoms with Gasteiger partial charge in [0.05, 0.1) is 11.4 Å². The summed E-state index contributed by atoms with van der Waals surface area (Å²) in [6.07, 6.45) is 1.42. The van der Waals surface area contributed by atoms with E-state index >= 15 is 0 Å². The average molecular weight is 340 g/mol. The van der Waals surface area contributed by atoms with Crippen LogP contribution in [0.3, 0.4) is 0 Å². The van der Waals surface area contributed by atoms with Crippen LogP contribution in [-0.4, -0.2) is 34.0 Å². The third kappa shape index (κ3) is 4.14. The largest absolute Gasteiger partial charge is 0.248 e. The van der Waals surface area contributed by atoms with E-state index in [1.54, 1.807) is 11.6 Å². The Balaban J connectivity index is 2.28. The van der Waals surface area contributed by atoms with Gasteiger partial charge in [0.15, 0.2) is 0 Å². The minimum Gasteiger partial charge on any atom is -0.248 e. The normalized spacial score (nSPS) is 12.3. The molecule has 8 heteroatoms. The third-order valence-corrected chi connectivity index (χ3v) is 5.25. The molecule has 6 nitrogen and oxygen atoms in total. The summed E-state index contributed by atoms with van der Waals surface area (Å²) >= 11 is 0. The fraction of sp³-hybridized carbons (Fsp3) is 0.467. The van der Waals surface area contributed by atoms with Crippen molar-refractivity contribution in [1.29, 1.82) is 0 Å². The Morgan fingerprint density at radius 3 is 2.70 bits per heavy atom. The van der Waals surface area contributed by atoms with Crippen molar-refractivity contribution in [3.63, 3.8) is 0 Å². The zero-order valence-corrected chi connectivity index (χ0v) is 14.3. The van der Waals surface area contributed by atoms with Gasteiger partial charge in [-0.15, -0.1) is 0 Å². The van der Waals surface area contributed by atoms with Crippen LogP contribution in [0.5, 0.6) is 0 Å². The molecule has 0 fully saturated rings. The van der Waals surface area contributed by atoms with Crippen molar-refractivity contribution in [1.82, 2.24) is 19.1 Å². The number of sulfonamides is 1. The summed E-state index contributed by atoms with van der Waals surface area (Å²) in [6, 6.07) is 5.02. The summed E-state index contributed by atoms with van der Waals surface area (Å²) in [6.45, 7) is 6.85.